The highest BCUT2D eigenvalue weighted by Crippen LogP contribution is 2.39. The zero-order valence-electron chi connectivity index (χ0n) is 18.4. The van der Waals surface area contributed by atoms with Crippen molar-refractivity contribution in [2.75, 3.05) is 25.6 Å². The number of methoxy groups -OCH3 is 1. The number of hydrogen-bond donors (Lipinski definition) is 2. The van der Waals surface area contributed by atoms with E-state index in [0.717, 1.165) is 53.3 Å². The standard InChI is InChI=1S/C24H28N2O4S/c1-13-11-17-15(3)21(30-18(17)12-14(13)2)23(28)26-24-20(22(27)25-9-10-29-4)16-7-5-6-8-19(16)31-24/h11-12H,5-10H2,1-4H3,(H,25,27)(H,26,28). The van der Waals surface area contributed by atoms with Crippen LogP contribution in [0.1, 0.15) is 60.9 Å². The summed E-state index contributed by atoms with van der Waals surface area (Å²) in [6.45, 7) is 6.83. The van der Waals surface area contributed by atoms with Gasteiger partial charge in [0.1, 0.15) is 10.6 Å². The van der Waals surface area contributed by atoms with Gasteiger partial charge in [0, 0.05) is 29.5 Å². The SMILES string of the molecule is COCCNC(=O)c1c(NC(=O)c2oc3cc(C)c(C)cc3c2C)sc2c1CCCC2. The molecule has 2 heterocycles. The van der Waals surface area contributed by atoms with Gasteiger partial charge in [0.05, 0.1) is 12.2 Å². The highest BCUT2D eigenvalue weighted by Gasteiger charge is 2.28. The lowest BCUT2D eigenvalue weighted by Crippen LogP contribution is -2.28. The number of carbonyl (C=O) groups is 2. The van der Waals surface area contributed by atoms with E-state index in [9.17, 15) is 9.59 Å². The van der Waals surface area contributed by atoms with E-state index >= 15 is 0 Å². The minimum absolute atomic E-state index is 0.167. The molecule has 0 fully saturated rings. The second-order valence-electron chi connectivity index (χ2n) is 8.11. The van der Waals surface area contributed by atoms with E-state index in [1.807, 2.05) is 26.8 Å². The molecular weight excluding hydrogens is 412 g/mol. The molecule has 7 heteroatoms. The Kier molecular flexibility index (Phi) is 6.16. The Balaban J connectivity index is 1.67. The highest BCUT2D eigenvalue weighted by molar-refractivity contribution is 7.17. The van der Waals surface area contributed by atoms with Crippen molar-refractivity contribution in [3.8, 4) is 0 Å². The van der Waals surface area contributed by atoms with Crippen LogP contribution in [0.2, 0.25) is 0 Å². The molecule has 0 saturated heterocycles. The average molecular weight is 441 g/mol. The molecule has 0 bridgehead atoms. The lowest BCUT2D eigenvalue weighted by molar-refractivity contribution is 0.0937. The van der Waals surface area contributed by atoms with E-state index in [1.165, 1.54) is 16.2 Å². The maximum Gasteiger partial charge on any atom is 0.292 e. The Morgan fingerprint density at radius 1 is 1.10 bits per heavy atom. The molecule has 164 valence electrons. The summed E-state index contributed by atoms with van der Waals surface area (Å²) >= 11 is 1.50. The second kappa shape index (κ2) is 8.85. The number of hydrogen-bond acceptors (Lipinski definition) is 5. The first-order valence-corrected chi connectivity index (χ1v) is 11.5. The Bertz CT molecular complexity index is 1160. The van der Waals surface area contributed by atoms with Gasteiger partial charge >= 0.3 is 0 Å². The number of carbonyl (C=O) groups excluding carboxylic acids is 2. The molecule has 31 heavy (non-hydrogen) atoms. The topological polar surface area (TPSA) is 80.6 Å². The molecule has 0 unspecified atom stereocenters. The summed E-state index contributed by atoms with van der Waals surface area (Å²) < 4.78 is 11.0. The minimum Gasteiger partial charge on any atom is -0.451 e. The third kappa shape index (κ3) is 4.12. The molecule has 2 aromatic heterocycles. The fraction of sp³-hybridized carbons (Fsp3) is 0.417. The summed E-state index contributed by atoms with van der Waals surface area (Å²) in [6, 6.07) is 4.02. The van der Waals surface area contributed by atoms with E-state index in [4.69, 9.17) is 9.15 Å². The molecule has 0 aliphatic heterocycles. The molecule has 1 aliphatic rings. The smallest absolute Gasteiger partial charge is 0.292 e. The summed E-state index contributed by atoms with van der Waals surface area (Å²) in [5.74, 6) is -0.204. The first kappa shape index (κ1) is 21.6. The van der Waals surface area contributed by atoms with Crippen LogP contribution in [0.3, 0.4) is 0 Å². The van der Waals surface area contributed by atoms with Crippen LogP contribution in [0.5, 0.6) is 0 Å². The number of ether oxygens (including phenoxy) is 1. The van der Waals surface area contributed by atoms with Crippen molar-refractivity contribution in [3.05, 3.63) is 50.6 Å². The molecule has 0 saturated carbocycles. The molecule has 4 rings (SSSR count). The van der Waals surface area contributed by atoms with Crippen molar-refractivity contribution < 1.29 is 18.7 Å². The van der Waals surface area contributed by atoms with Gasteiger partial charge in [0.2, 0.25) is 0 Å². The van der Waals surface area contributed by atoms with Crippen molar-refractivity contribution >= 4 is 39.1 Å². The first-order chi connectivity index (χ1) is 14.9. The quantitative estimate of drug-likeness (QED) is 0.533. The lowest BCUT2D eigenvalue weighted by atomic mass is 9.95. The fourth-order valence-electron chi connectivity index (χ4n) is 4.10. The van der Waals surface area contributed by atoms with Crippen molar-refractivity contribution in [2.45, 2.75) is 46.5 Å². The number of nitrogens with one attached hydrogen (secondary N) is 2. The monoisotopic (exact) mass is 440 g/mol. The van der Waals surface area contributed by atoms with Crippen molar-refractivity contribution in [1.82, 2.24) is 5.32 Å². The van der Waals surface area contributed by atoms with Gasteiger partial charge in [-0.15, -0.1) is 11.3 Å². The van der Waals surface area contributed by atoms with E-state index in [0.29, 0.717) is 29.3 Å². The second-order valence-corrected chi connectivity index (χ2v) is 9.21. The van der Waals surface area contributed by atoms with Crippen LogP contribution in [0, 0.1) is 20.8 Å². The molecule has 3 aromatic rings. The van der Waals surface area contributed by atoms with Crippen LogP contribution in [0.25, 0.3) is 11.0 Å². The number of benzene rings is 1. The number of rotatable bonds is 6. The van der Waals surface area contributed by atoms with Gasteiger partial charge in [0.15, 0.2) is 5.76 Å². The van der Waals surface area contributed by atoms with Gasteiger partial charge in [0.25, 0.3) is 11.8 Å². The van der Waals surface area contributed by atoms with Gasteiger partial charge in [-0.05, 0) is 75.3 Å². The summed E-state index contributed by atoms with van der Waals surface area (Å²) in [6.07, 6.45) is 3.96. The van der Waals surface area contributed by atoms with E-state index in [-0.39, 0.29) is 17.6 Å². The summed E-state index contributed by atoms with van der Waals surface area (Å²) in [4.78, 5) is 27.3. The minimum atomic E-state index is -0.325. The molecule has 2 amide bonds. The summed E-state index contributed by atoms with van der Waals surface area (Å²) in [7, 11) is 1.60. The molecular formula is C24H28N2O4S. The summed E-state index contributed by atoms with van der Waals surface area (Å²) in [5, 5.41) is 7.42. The number of anilines is 1. The zero-order chi connectivity index (χ0) is 22.1. The van der Waals surface area contributed by atoms with E-state index in [2.05, 4.69) is 16.7 Å². The molecule has 0 atom stereocenters. The van der Waals surface area contributed by atoms with E-state index < -0.39 is 0 Å². The van der Waals surface area contributed by atoms with Gasteiger partial charge in [-0.1, -0.05) is 0 Å². The van der Waals surface area contributed by atoms with Crippen LogP contribution in [0.15, 0.2) is 16.5 Å². The van der Waals surface area contributed by atoms with Crippen LogP contribution in [-0.4, -0.2) is 32.1 Å². The van der Waals surface area contributed by atoms with E-state index in [1.54, 1.807) is 7.11 Å². The van der Waals surface area contributed by atoms with Crippen molar-refractivity contribution in [3.63, 3.8) is 0 Å². The first-order valence-electron chi connectivity index (χ1n) is 10.6. The van der Waals surface area contributed by atoms with Gasteiger partial charge < -0.3 is 19.8 Å². The van der Waals surface area contributed by atoms with Crippen molar-refractivity contribution in [2.24, 2.45) is 0 Å². The molecule has 0 radical (unpaired) electrons. The molecule has 0 spiro atoms. The third-order valence-corrected chi connectivity index (χ3v) is 7.18. The van der Waals surface area contributed by atoms with Gasteiger partial charge in [-0.3, -0.25) is 9.59 Å². The third-order valence-electron chi connectivity index (χ3n) is 5.98. The molecule has 1 aromatic carbocycles. The Hall–Kier alpha value is -2.64. The predicted molar refractivity (Wildman–Crippen MR) is 124 cm³/mol. The van der Waals surface area contributed by atoms with Gasteiger partial charge in [-0.2, -0.15) is 0 Å². The molecule has 2 N–H and O–H groups in total. The Morgan fingerprint density at radius 3 is 2.61 bits per heavy atom. The maximum atomic E-state index is 13.2. The van der Waals surface area contributed by atoms with Gasteiger partial charge in [-0.25, -0.2) is 0 Å². The number of furan rings is 1. The number of fused-ring (bicyclic) bond motifs is 2. The number of amides is 2. The maximum absolute atomic E-state index is 13.2. The van der Waals surface area contributed by atoms with Crippen LogP contribution in [0.4, 0.5) is 5.00 Å². The van der Waals surface area contributed by atoms with Crippen LogP contribution in [-0.2, 0) is 17.6 Å². The average Bonchev–Trinajstić information content (AvgIpc) is 3.26. The number of aryl methyl sites for hydroxylation is 4. The normalized spacial score (nSPS) is 13.3. The van der Waals surface area contributed by atoms with Crippen LogP contribution < -0.4 is 10.6 Å². The summed E-state index contributed by atoms with van der Waals surface area (Å²) in [5.41, 5.74) is 5.44. The Labute approximate surface area is 186 Å². The largest absolute Gasteiger partial charge is 0.451 e. The van der Waals surface area contributed by atoms with Crippen LogP contribution >= 0.6 is 11.3 Å². The lowest BCUT2D eigenvalue weighted by Gasteiger charge is -2.13. The highest BCUT2D eigenvalue weighted by atomic mass is 32.1. The Morgan fingerprint density at radius 2 is 1.84 bits per heavy atom. The van der Waals surface area contributed by atoms with Crippen molar-refractivity contribution in [1.29, 1.82) is 0 Å². The zero-order valence-corrected chi connectivity index (χ0v) is 19.3. The molecule has 1 aliphatic carbocycles. The number of thiophene rings is 1. The predicted octanol–water partition coefficient (Wildman–Crippen LogP) is 4.93. The fourth-order valence-corrected chi connectivity index (χ4v) is 5.38. The molecule has 6 nitrogen and oxygen atoms in total.